The van der Waals surface area contributed by atoms with Gasteiger partial charge in [-0.15, -0.1) is 12.4 Å². The van der Waals surface area contributed by atoms with Crippen LogP contribution < -0.4 is 5.32 Å². The number of nitrogens with one attached hydrogen (secondary N) is 1. The maximum atomic E-state index is 12.6. The van der Waals surface area contributed by atoms with Crippen molar-refractivity contribution in [3.63, 3.8) is 0 Å². The van der Waals surface area contributed by atoms with Crippen molar-refractivity contribution in [1.29, 1.82) is 0 Å². The SMILES string of the molecule is CCCC1(C(=O)N2CCC(C3CCCN3)CC2)CC1.Cl. The molecule has 0 spiro atoms. The highest BCUT2D eigenvalue weighted by molar-refractivity contribution is 5.85. The maximum absolute atomic E-state index is 12.6. The lowest BCUT2D eigenvalue weighted by Crippen LogP contribution is -2.45. The van der Waals surface area contributed by atoms with Gasteiger partial charge < -0.3 is 10.2 Å². The number of hydrogen-bond acceptors (Lipinski definition) is 2. The van der Waals surface area contributed by atoms with Crippen LogP contribution >= 0.6 is 12.4 Å². The van der Waals surface area contributed by atoms with Crippen molar-refractivity contribution in [3.8, 4) is 0 Å². The summed E-state index contributed by atoms with van der Waals surface area (Å²) in [6, 6.07) is 0.739. The van der Waals surface area contributed by atoms with Crippen molar-refractivity contribution >= 4 is 18.3 Å². The molecule has 20 heavy (non-hydrogen) atoms. The highest BCUT2D eigenvalue weighted by Crippen LogP contribution is 2.51. The number of carbonyl (C=O) groups is 1. The van der Waals surface area contributed by atoms with Gasteiger partial charge in [-0.25, -0.2) is 0 Å². The van der Waals surface area contributed by atoms with Gasteiger partial charge in [-0.3, -0.25) is 4.79 Å². The molecule has 1 saturated carbocycles. The van der Waals surface area contributed by atoms with Crippen LogP contribution in [0, 0.1) is 11.3 Å². The maximum Gasteiger partial charge on any atom is 0.228 e. The van der Waals surface area contributed by atoms with Crippen LogP contribution in [0.1, 0.15) is 58.3 Å². The Morgan fingerprint density at radius 2 is 1.95 bits per heavy atom. The second-order valence-corrected chi connectivity index (χ2v) is 6.86. The molecule has 1 N–H and O–H groups in total. The lowest BCUT2D eigenvalue weighted by atomic mass is 9.87. The van der Waals surface area contributed by atoms with Gasteiger partial charge >= 0.3 is 0 Å². The van der Waals surface area contributed by atoms with E-state index in [-0.39, 0.29) is 17.8 Å². The Balaban J connectivity index is 0.00000147. The molecule has 3 nitrogen and oxygen atoms in total. The minimum atomic E-state index is 0. The molecule has 4 heteroatoms. The van der Waals surface area contributed by atoms with E-state index in [0.29, 0.717) is 5.91 Å². The Bertz CT molecular complexity index is 329. The molecule has 3 aliphatic rings. The van der Waals surface area contributed by atoms with Crippen molar-refractivity contribution in [2.45, 2.75) is 64.3 Å². The van der Waals surface area contributed by atoms with E-state index in [0.717, 1.165) is 50.7 Å². The molecule has 1 aliphatic carbocycles. The van der Waals surface area contributed by atoms with Crippen molar-refractivity contribution in [3.05, 3.63) is 0 Å². The minimum Gasteiger partial charge on any atom is -0.342 e. The molecule has 2 heterocycles. The predicted molar refractivity (Wildman–Crippen MR) is 84.2 cm³/mol. The molecule has 116 valence electrons. The normalized spacial score (nSPS) is 29.1. The second-order valence-electron chi connectivity index (χ2n) is 6.86. The van der Waals surface area contributed by atoms with E-state index >= 15 is 0 Å². The van der Waals surface area contributed by atoms with Crippen LogP contribution in [-0.4, -0.2) is 36.5 Å². The zero-order valence-corrected chi connectivity index (χ0v) is 13.5. The molecule has 0 radical (unpaired) electrons. The number of carbonyl (C=O) groups excluding carboxylic acids is 1. The quantitative estimate of drug-likeness (QED) is 0.866. The van der Waals surface area contributed by atoms with E-state index in [2.05, 4.69) is 17.1 Å². The lowest BCUT2D eigenvalue weighted by Gasteiger charge is -2.36. The first-order valence-electron chi connectivity index (χ1n) is 8.28. The van der Waals surface area contributed by atoms with Gasteiger partial charge in [-0.05, 0) is 57.4 Å². The largest absolute Gasteiger partial charge is 0.342 e. The second kappa shape index (κ2) is 6.65. The molecule has 3 fully saturated rings. The van der Waals surface area contributed by atoms with E-state index in [1.54, 1.807) is 0 Å². The van der Waals surface area contributed by atoms with Gasteiger partial charge in [-0.2, -0.15) is 0 Å². The molecule has 1 atom stereocenters. The Kier molecular flexibility index (Phi) is 5.36. The van der Waals surface area contributed by atoms with Gasteiger partial charge in [0, 0.05) is 24.5 Å². The molecule has 0 aromatic rings. The zero-order valence-electron chi connectivity index (χ0n) is 12.7. The molecular formula is C16H29ClN2O. The van der Waals surface area contributed by atoms with Gasteiger partial charge in [0.1, 0.15) is 0 Å². The van der Waals surface area contributed by atoms with Crippen LogP contribution in [0.25, 0.3) is 0 Å². The lowest BCUT2D eigenvalue weighted by molar-refractivity contribution is -0.138. The number of rotatable bonds is 4. The van der Waals surface area contributed by atoms with E-state index in [1.807, 2.05) is 0 Å². The summed E-state index contributed by atoms with van der Waals surface area (Å²) in [4.78, 5) is 14.8. The fourth-order valence-electron chi connectivity index (χ4n) is 4.15. The molecule has 0 bridgehead atoms. The Morgan fingerprint density at radius 3 is 2.45 bits per heavy atom. The third-order valence-corrected chi connectivity index (χ3v) is 5.53. The number of nitrogens with zero attached hydrogens (tertiary/aromatic N) is 1. The minimum absolute atomic E-state index is 0. The molecule has 0 aromatic carbocycles. The summed E-state index contributed by atoms with van der Waals surface area (Å²) >= 11 is 0. The zero-order chi connectivity index (χ0) is 13.3. The number of hydrogen-bond donors (Lipinski definition) is 1. The summed E-state index contributed by atoms with van der Waals surface area (Å²) in [6.45, 7) is 5.41. The Hall–Kier alpha value is -0.280. The number of likely N-dealkylation sites (tertiary alicyclic amines) is 1. The Labute approximate surface area is 129 Å². The number of piperidine rings is 1. The third kappa shape index (κ3) is 3.14. The van der Waals surface area contributed by atoms with Crippen molar-refractivity contribution in [1.82, 2.24) is 10.2 Å². The monoisotopic (exact) mass is 300 g/mol. The topological polar surface area (TPSA) is 32.3 Å². The molecule has 0 aromatic heterocycles. The number of halogens is 1. The predicted octanol–water partition coefficient (Wildman–Crippen LogP) is 2.98. The van der Waals surface area contributed by atoms with Crippen LogP contribution in [0.4, 0.5) is 0 Å². The summed E-state index contributed by atoms with van der Waals surface area (Å²) in [5.41, 5.74) is 0.0766. The summed E-state index contributed by atoms with van der Waals surface area (Å²) < 4.78 is 0. The van der Waals surface area contributed by atoms with Crippen LogP contribution in [-0.2, 0) is 4.79 Å². The van der Waals surface area contributed by atoms with E-state index in [4.69, 9.17) is 0 Å². The van der Waals surface area contributed by atoms with Crippen molar-refractivity contribution in [2.75, 3.05) is 19.6 Å². The van der Waals surface area contributed by atoms with Gasteiger partial charge in [0.25, 0.3) is 0 Å². The molecule has 1 amide bonds. The first-order valence-corrected chi connectivity index (χ1v) is 8.28. The molecule has 2 aliphatic heterocycles. The molecular weight excluding hydrogens is 272 g/mol. The highest BCUT2D eigenvalue weighted by Gasteiger charge is 2.50. The molecule has 3 rings (SSSR count). The third-order valence-electron chi connectivity index (χ3n) is 5.53. The van der Waals surface area contributed by atoms with E-state index < -0.39 is 0 Å². The number of amides is 1. The first-order chi connectivity index (χ1) is 9.25. The molecule has 2 saturated heterocycles. The van der Waals surface area contributed by atoms with Crippen molar-refractivity contribution < 1.29 is 4.79 Å². The van der Waals surface area contributed by atoms with Crippen molar-refractivity contribution in [2.24, 2.45) is 11.3 Å². The summed E-state index contributed by atoms with van der Waals surface area (Å²) in [6.07, 6.45) is 9.65. The summed E-state index contributed by atoms with van der Waals surface area (Å²) in [5.74, 6) is 1.29. The smallest absolute Gasteiger partial charge is 0.228 e. The van der Waals surface area contributed by atoms with Crippen LogP contribution in [0.15, 0.2) is 0 Å². The first kappa shape index (κ1) is 16.1. The fourth-order valence-corrected chi connectivity index (χ4v) is 4.15. The van der Waals surface area contributed by atoms with Crippen LogP contribution in [0.5, 0.6) is 0 Å². The van der Waals surface area contributed by atoms with Crippen LogP contribution in [0.3, 0.4) is 0 Å². The van der Waals surface area contributed by atoms with Crippen LogP contribution in [0.2, 0.25) is 0 Å². The standard InChI is InChI=1S/C16H28N2O.ClH/c1-2-7-16(8-9-16)15(19)18-11-5-13(6-12-18)14-4-3-10-17-14;/h13-14,17H,2-12H2,1H3;1H. The summed E-state index contributed by atoms with van der Waals surface area (Å²) in [5, 5.41) is 3.63. The van der Waals surface area contributed by atoms with Gasteiger partial charge in [0.2, 0.25) is 5.91 Å². The fraction of sp³-hybridized carbons (Fsp3) is 0.938. The molecule has 1 unspecified atom stereocenters. The average molecular weight is 301 g/mol. The van der Waals surface area contributed by atoms with E-state index in [9.17, 15) is 4.79 Å². The average Bonchev–Trinajstić information content (AvgIpc) is 3.03. The Morgan fingerprint density at radius 1 is 1.25 bits per heavy atom. The van der Waals surface area contributed by atoms with E-state index in [1.165, 1.54) is 32.2 Å². The highest BCUT2D eigenvalue weighted by atomic mass is 35.5. The van der Waals surface area contributed by atoms with Gasteiger partial charge in [-0.1, -0.05) is 13.3 Å². The summed E-state index contributed by atoms with van der Waals surface area (Å²) in [7, 11) is 0. The van der Waals surface area contributed by atoms with Gasteiger partial charge in [0.05, 0.1) is 0 Å². The van der Waals surface area contributed by atoms with Gasteiger partial charge in [0.15, 0.2) is 0 Å².